The summed E-state index contributed by atoms with van der Waals surface area (Å²) in [6, 6.07) is 13.8. The molecule has 0 aliphatic heterocycles. The zero-order valence-corrected chi connectivity index (χ0v) is 20.5. The summed E-state index contributed by atoms with van der Waals surface area (Å²) in [6.45, 7) is 3.50. The second-order valence-electron chi connectivity index (χ2n) is 7.97. The second kappa shape index (κ2) is 9.14. The minimum Gasteiger partial charge on any atom is -0.496 e. The van der Waals surface area contributed by atoms with Crippen molar-refractivity contribution < 1.29 is 28.5 Å². The first-order valence-electron chi connectivity index (χ1n) is 10.8. The number of benzene rings is 4. The van der Waals surface area contributed by atoms with E-state index in [1.165, 1.54) is 14.0 Å². The summed E-state index contributed by atoms with van der Waals surface area (Å²) >= 11 is 0. The number of carbonyl (C=O) groups excluding carboxylic acids is 1. The number of carbonyl (C=O) groups is 1. The third-order valence-corrected chi connectivity index (χ3v) is 6.15. The highest BCUT2D eigenvalue weighted by molar-refractivity contribution is 6.12. The van der Waals surface area contributed by atoms with Crippen molar-refractivity contribution in [3.05, 3.63) is 53.6 Å². The van der Waals surface area contributed by atoms with Gasteiger partial charge >= 0.3 is 0 Å². The van der Waals surface area contributed by atoms with E-state index in [9.17, 15) is 4.79 Å². The molecule has 176 valence electrons. The van der Waals surface area contributed by atoms with Gasteiger partial charge in [0.2, 0.25) is 0 Å². The third-order valence-electron chi connectivity index (χ3n) is 6.15. The Balaban J connectivity index is 2.24. The number of rotatable bonds is 7. The van der Waals surface area contributed by atoms with E-state index < -0.39 is 0 Å². The molecule has 4 aromatic rings. The van der Waals surface area contributed by atoms with Crippen LogP contribution < -0.4 is 23.7 Å². The summed E-state index contributed by atoms with van der Waals surface area (Å²) in [7, 11) is 7.97. The van der Waals surface area contributed by atoms with Crippen molar-refractivity contribution in [3.8, 4) is 39.9 Å². The average molecular weight is 461 g/mol. The summed E-state index contributed by atoms with van der Waals surface area (Å²) < 4.78 is 28.5. The van der Waals surface area contributed by atoms with Gasteiger partial charge in [-0.25, -0.2) is 0 Å². The quantitative estimate of drug-likeness (QED) is 0.241. The molecule has 0 aliphatic carbocycles. The summed E-state index contributed by atoms with van der Waals surface area (Å²) in [5.74, 6) is 2.70. The fourth-order valence-electron chi connectivity index (χ4n) is 4.65. The van der Waals surface area contributed by atoms with Crippen molar-refractivity contribution in [1.82, 2.24) is 0 Å². The molecule has 0 amide bonds. The molecule has 34 heavy (non-hydrogen) atoms. The van der Waals surface area contributed by atoms with Crippen molar-refractivity contribution in [3.63, 3.8) is 0 Å². The highest BCUT2D eigenvalue weighted by Gasteiger charge is 2.27. The van der Waals surface area contributed by atoms with E-state index in [0.29, 0.717) is 28.4 Å². The molecule has 0 spiro atoms. The van der Waals surface area contributed by atoms with Gasteiger partial charge in [-0.1, -0.05) is 12.1 Å². The SMILES string of the molecule is COc1cc(OC)c(-c2c(C)cc(OC)c3cc4c(OC)cccc4cc23)c(OC)c1C(C)=O. The Labute approximate surface area is 199 Å². The fourth-order valence-corrected chi connectivity index (χ4v) is 4.65. The lowest BCUT2D eigenvalue weighted by Gasteiger charge is -2.22. The lowest BCUT2D eigenvalue weighted by molar-refractivity contribution is 0.101. The predicted octanol–water partition coefficient (Wildman–Crippen LogP) is 6.21. The Hall–Kier alpha value is -3.93. The van der Waals surface area contributed by atoms with Gasteiger partial charge < -0.3 is 23.7 Å². The molecule has 6 nitrogen and oxygen atoms in total. The lowest BCUT2D eigenvalue weighted by atomic mass is 9.88. The van der Waals surface area contributed by atoms with Crippen molar-refractivity contribution in [1.29, 1.82) is 0 Å². The first-order valence-corrected chi connectivity index (χ1v) is 10.8. The van der Waals surface area contributed by atoms with Gasteiger partial charge in [-0.3, -0.25) is 4.79 Å². The van der Waals surface area contributed by atoms with Gasteiger partial charge in [0, 0.05) is 22.4 Å². The molecule has 0 heterocycles. The van der Waals surface area contributed by atoms with Crippen molar-refractivity contribution >= 4 is 27.3 Å². The maximum atomic E-state index is 12.6. The second-order valence-corrected chi connectivity index (χ2v) is 7.97. The first-order chi connectivity index (χ1) is 16.4. The first kappa shape index (κ1) is 23.2. The highest BCUT2D eigenvalue weighted by Crippen LogP contribution is 2.50. The molecule has 0 atom stereocenters. The van der Waals surface area contributed by atoms with E-state index in [1.807, 2.05) is 31.2 Å². The Morgan fingerprint density at radius 3 is 1.91 bits per heavy atom. The zero-order chi connectivity index (χ0) is 24.6. The lowest BCUT2D eigenvalue weighted by Crippen LogP contribution is -2.06. The molecule has 0 aromatic heterocycles. The van der Waals surface area contributed by atoms with Gasteiger partial charge in [0.1, 0.15) is 34.3 Å². The number of aryl methyl sites for hydroxylation is 1. The third kappa shape index (κ3) is 3.55. The van der Waals surface area contributed by atoms with Gasteiger partial charge in [0.25, 0.3) is 0 Å². The fraction of sp³-hybridized carbons (Fsp3) is 0.250. The number of hydrogen-bond acceptors (Lipinski definition) is 6. The molecule has 4 rings (SSSR count). The van der Waals surface area contributed by atoms with Gasteiger partial charge in [0.15, 0.2) is 5.78 Å². The maximum Gasteiger partial charge on any atom is 0.167 e. The molecular weight excluding hydrogens is 432 g/mol. The number of ketones is 1. The monoisotopic (exact) mass is 460 g/mol. The van der Waals surface area contributed by atoms with Crippen molar-refractivity contribution in [2.45, 2.75) is 13.8 Å². The summed E-state index contributed by atoms with van der Waals surface area (Å²) in [4.78, 5) is 12.6. The topological polar surface area (TPSA) is 63.2 Å². The van der Waals surface area contributed by atoms with Crippen LogP contribution in [0, 0.1) is 6.92 Å². The summed E-state index contributed by atoms with van der Waals surface area (Å²) in [6.07, 6.45) is 0. The standard InChI is InChI=1S/C28H28O6/c1-15-11-22(31-4)19-13-18-17(9-8-10-21(18)30-3)12-20(19)25(15)27-24(33-6)14-23(32-5)26(16(2)29)28(27)34-7/h8-14H,1-7H3. The Morgan fingerprint density at radius 1 is 0.647 bits per heavy atom. The van der Waals surface area contributed by atoms with Crippen molar-refractivity contribution in [2.75, 3.05) is 35.5 Å². The Kier molecular flexibility index (Phi) is 6.24. The van der Waals surface area contributed by atoms with Crippen LogP contribution in [0.1, 0.15) is 22.8 Å². The van der Waals surface area contributed by atoms with Crippen LogP contribution in [0.25, 0.3) is 32.7 Å². The molecule has 0 N–H and O–H groups in total. The molecule has 0 saturated heterocycles. The molecule has 0 unspecified atom stereocenters. The van der Waals surface area contributed by atoms with Crippen LogP contribution in [0.5, 0.6) is 28.7 Å². The molecular formula is C28H28O6. The number of ether oxygens (including phenoxy) is 5. The average Bonchev–Trinajstić information content (AvgIpc) is 2.85. The number of methoxy groups -OCH3 is 5. The van der Waals surface area contributed by atoms with E-state index in [2.05, 4.69) is 12.1 Å². The van der Waals surface area contributed by atoms with E-state index in [4.69, 9.17) is 23.7 Å². The van der Waals surface area contributed by atoms with E-state index in [-0.39, 0.29) is 5.78 Å². The summed E-state index contributed by atoms with van der Waals surface area (Å²) in [5.41, 5.74) is 2.89. The Bertz CT molecular complexity index is 1420. The normalized spacial score (nSPS) is 10.9. The van der Waals surface area contributed by atoms with Crippen LogP contribution in [0.3, 0.4) is 0 Å². The summed E-state index contributed by atoms with van der Waals surface area (Å²) in [5, 5.41) is 3.83. The van der Waals surface area contributed by atoms with Gasteiger partial charge in [-0.2, -0.15) is 0 Å². The number of hydrogen-bond donors (Lipinski definition) is 0. The molecule has 0 saturated carbocycles. The van der Waals surface area contributed by atoms with Crippen LogP contribution in [0.4, 0.5) is 0 Å². The van der Waals surface area contributed by atoms with E-state index >= 15 is 0 Å². The largest absolute Gasteiger partial charge is 0.496 e. The number of Topliss-reactive ketones (excluding diaryl/α,β-unsaturated/α-hetero) is 1. The van der Waals surface area contributed by atoms with Crippen LogP contribution >= 0.6 is 0 Å². The number of fused-ring (bicyclic) bond motifs is 2. The molecule has 0 aliphatic rings. The van der Waals surface area contributed by atoms with Gasteiger partial charge in [-0.05, 0) is 54.4 Å². The van der Waals surface area contributed by atoms with E-state index in [0.717, 1.165) is 44.2 Å². The predicted molar refractivity (Wildman–Crippen MR) is 134 cm³/mol. The van der Waals surface area contributed by atoms with Crippen LogP contribution in [0.2, 0.25) is 0 Å². The van der Waals surface area contributed by atoms with Crippen molar-refractivity contribution in [2.24, 2.45) is 0 Å². The minimum atomic E-state index is -0.164. The van der Waals surface area contributed by atoms with E-state index in [1.54, 1.807) is 34.5 Å². The van der Waals surface area contributed by atoms with Crippen LogP contribution in [-0.4, -0.2) is 41.3 Å². The molecule has 4 aromatic carbocycles. The molecule has 6 heteroatoms. The van der Waals surface area contributed by atoms with Crippen LogP contribution in [-0.2, 0) is 0 Å². The van der Waals surface area contributed by atoms with Crippen LogP contribution in [0.15, 0.2) is 42.5 Å². The zero-order valence-electron chi connectivity index (χ0n) is 20.5. The van der Waals surface area contributed by atoms with Gasteiger partial charge in [0.05, 0.1) is 41.1 Å². The minimum absolute atomic E-state index is 0.164. The molecule has 0 radical (unpaired) electrons. The van der Waals surface area contributed by atoms with Gasteiger partial charge in [-0.15, -0.1) is 0 Å². The Morgan fingerprint density at radius 2 is 1.32 bits per heavy atom. The smallest absolute Gasteiger partial charge is 0.167 e. The molecule has 0 bridgehead atoms. The highest BCUT2D eigenvalue weighted by atomic mass is 16.5. The maximum absolute atomic E-state index is 12.6. The molecule has 0 fully saturated rings.